The molecule has 1 heterocycles. The van der Waals surface area contributed by atoms with E-state index in [1.165, 1.54) is 14.2 Å². The van der Waals surface area contributed by atoms with Gasteiger partial charge in [0.15, 0.2) is 0 Å². The Balaban J connectivity index is 1.89. The largest absolute Gasteiger partial charge is 0.496 e. The van der Waals surface area contributed by atoms with Crippen molar-refractivity contribution in [2.45, 2.75) is 19.3 Å². The van der Waals surface area contributed by atoms with Crippen LogP contribution in [0.2, 0.25) is 0 Å². The smallest absolute Gasteiger partial charge is 0.263 e. The van der Waals surface area contributed by atoms with Gasteiger partial charge in [-0.2, -0.15) is 0 Å². The standard InChI is InChI=1S/C21H24N2O4/c1-26-17-11-8-12-18(27-2)19(17)20(24)22-16-10-5-4-9-15(16)21(25)23-13-6-3-7-14-23/h4-5,8-12H,3,6-7,13-14H2,1-2H3,(H,22,24). The minimum Gasteiger partial charge on any atom is -0.496 e. The second-order valence-corrected chi connectivity index (χ2v) is 6.39. The molecule has 0 saturated carbocycles. The van der Waals surface area contributed by atoms with Crippen molar-refractivity contribution in [3.05, 3.63) is 53.6 Å². The van der Waals surface area contributed by atoms with E-state index in [1.54, 1.807) is 42.5 Å². The fourth-order valence-corrected chi connectivity index (χ4v) is 3.31. The van der Waals surface area contributed by atoms with Crippen molar-refractivity contribution in [2.24, 2.45) is 0 Å². The molecule has 0 bridgehead atoms. The number of carbonyl (C=O) groups is 2. The van der Waals surface area contributed by atoms with Crippen LogP contribution in [0.5, 0.6) is 11.5 Å². The van der Waals surface area contributed by atoms with E-state index in [-0.39, 0.29) is 11.8 Å². The summed E-state index contributed by atoms with van der Waals surface area (Å²) >= 11 is 0. The number of carbonyl (C=O) groups excluding carboxylic acids is 2. The molecule has 1 saturated heterocycles. The Morgan fingerprint density at radius 3 is 2.15 bits per heavy atom. The number of para-hydroxylation sites is 1. The van der Waals surface area contributed by atoms with E-state index in [1.807, 2.05) is 4.90 Å². The highest BCUT2D eigenvalue weighted by Gasteiger charge is 2.23. The number of rotatable bonds is 5. The molecule has 3 rings (SSSR count). The van der Waals surface area contributed by atoms with Gasteiger partial charge in [0.2, 0.25) is 0 Å². The number of likely N-dealkylation sites (tertiary alicyclic amines) is 1. The van der Waals surface area contributed by atoms with Crippen LogP contribution in [0.3, 0.4) is 0 Å². The molecule has 2 aromatic rings. The molecular formula is C21H24N2O4. The summed E-state index contributed by atoms with van der Waals surface area (Å²) in [5.41, 5.74) is 1.26. The van der Waals surface area contributed by atoms with Crippen LogP contribution < -0.4 is 14.8 Å². The molecule has 27 heavy (non-hydrogen) atoms. The lowest BCUT2D eigenvalue weighted by Gasteiger charge is -2.27. The molecule has 2 aromatic carbocycles. The molecule has 6 heteroatoms. The van der Waals surface area contributed by atoms with E-state index in [9.17, 15) is 9.59 Å². The lowest BCUT2D eigenvalue weighted by Crippen LogP contribution is -2.36. The number of methoxy groups -OCH3 is 2. The summed E-state index contributed by atoms with van der Waals surface area (Å²) in [7, 11) is 3.00. The summed E-state index contributed by atoms with van der Waals surface area (Å²) in [6.07, 6.45) is 3.17. The van der Waals surface area contributed by atoms with Crippen molar-refractivity contribution in [1.29, 1.82) is 0 Å². The summed E-state index contributed by atoms with van der Waals surface area (Å²) in [5, 5.41) is 2.85. The van der Waals surface area contributed by atoms with Crippen LogP contribution in [0.25, 0.3) is 0 Å². The molecule has 0 aliphatic carbocycles. The van der Waals surface area contributed by atoms with Crippen molar-refractivity contribution < 1.29 is 19.1 Å². The van der Waals surface area contributed by atoms with Crippen molar-refractivity contribution in [1.82, 2.24) is 4.90 Å². The third-order valence-electron chi connectivity index (χ3n) is 4.70. The first-order valence-electron chi connectivity index (χ1n) is 9.06. The van der Waals surface area contributed by atoms with Crippen LogP contribution in [0.1, 0.15) is 40.0 Å². The molecule has 1 N–H and O–H groups in total. The molecule has 1 fully saturated rings. The summed E-state index contributed by atoms with van der Waals surface area (Å²) in [6.45, 7) is 1.50. The van der Waals surface area contributed by atoms with Crippen molar-refractivity contribution in [2.75, 3.05) is 32.6 Å². The van der Waals surface area contributed by atoms with E-state index in [0.29, 0.717) is 28.3 Å². The maximum Gasteiger partial charge on any atom is 0.263 e. The zero-order valence-electron chi connectivity index (χ0n) is 15.7. The van der Waals surface area contributed by atoms with Gasteiger partial charge in [0.05, 0.1) is 25.5 Å². The SMILES string of the molecule is COc1cccc(OC)c1C(=O)Nc1ccccc1C(=O)N1CCCCC1. The quantitative estimate of drug-likeness (QED) is 0.876. The lowest BCUT2D eigenvalue weighted by atomic mass is 10.1. The van der Waals surface area contributed by atoms with Gasteiger partial charge in [-0.15, -0.1) is 0 Å². The highest BCUT2D eigenvalue weighted by molar-refractivity contribution is 6.11. The average Bonchev–Trinajstić information content (AvgIpc) is 2.73. The zero-order chi connectivity index (χ0) is 19.2. The molecule has 0 spiro atoms. The first-order chi connectivity index (χ1) is 13.2. The van der Waals surface area contributed by atoms with Crippen LogP contribution in [0.4, 0.5) is 5.69 Å². The Labute approximate surface area is 159 Å². The molecule has 0 atom stereocenters. The zero-order valence-corrected chi connectivity index (χ0v) is 15.7. The number of amides is 2. The highest BCUT2D eigenvalue weighted by Crippen LogP contribution is 2.30. The van der Waals surface area contributed by atoms with Gasteiger partial charge in [0, 0.05) is 13.1 Å². The fourth-order valence-electron chi connectivity index (χ4n) is 3.31. The first kappa shape index (κ1) is 18.8. The molecule has 1 aliphatic heterocycles. The molecule has 0 unspecified atom stereocenters. The minimum absolute atomic E-state index is 0.0578. The molecule has 0 aromatic heterocycles. The van der Waals surface area contributed by atoms with E-state index >= 15 is 0 Å². The predicted molar refractivity (Wildman–Crippen MR) is 104 cm³/mol. The summed E-state index contributed by atoms with van der Waals surface area (Å²) < 4.78 is 10.6. The normalized spacial score (nSPS) is 13.8. The Hall–Kier alpha value is -3.02. The van der Waals surface area contributed by atoms with Gasteiger partial charge >= 0.3 is 0 Å². The fraction of sp³-hybridized carbons (Fsp3) is 0.333. The first-order valence-corrected chi connectivity index (χ1v) is 9.06. The van der Waals surface area contributed by atoms with Crippen molar-refractivity contribution >= 4 is 17.5 Å². The molecule has 142 valence electrons. The van der Waals surface area contributed by atoms with Crippen molar-refractivity contribution in [3.63, 3.8) is 0 Å². The molecule has 1 aliphatic rings. The maximum atomic E-state index is 12.9. The Morgan fingerprint density at radius 2 is 1.52 bits per heavy atom. The Morgan fingerprint density at radius 1 is 0.889 bits per heavy atom. The minimum atomic E-state index is -0.386. The number of nitrogens with zero attached hydrogens (tertiary/aromatic N) is 1. The predicted octanol–water partition coefficient (Wildman–Crippen LogP) is 3.58. The second-order valence-electron chi connectivity index (χ2n) is 6.39. The third-order valence-corrected chi connectivity index (χ3v) is 4.70. The van der Waals surface area contributed by atoms with Gasteiger partial charge < -0.3 is 19.7 Å². The number of hydrogen-bond donors (Lipinski definition) is 1. The molecular weight excluding hydrogens is 344 g/mol. The van der Waals surface area contributed by atoms with Gasteiger partial charge in [0.25, 0.3) is 11.8 Å². The van der Waals surface area contributed by atoms with Crippen LogP contribution in [0.15, 0.2) is 42.5 Å². The summed E-state index contributed by atoms with van der Waals surface area (Å²) in [4.78, 5) is 27.7. The molecule has 0 radical (unpaired) electrons. The number of anilines is 1. The number of piperidine rings is 1. The van der Waals surface area contributed by atoms with Gasteiger partial charge in [-0.3, -0.25) is 9.59 Å². The van der Waals surface area contributed by atoms with Crippen LogP contribution in [0, 0.1) is 0 Å². The van der Waals surface area contributed by atoms with Crippen molar-refractivity contribution in [3.8, 4) is 11.5 Å². The van der Waals surface area contributed by atoms with Gasteiger partial charge in [0.1, 0.15) is 17.1 Å². The Kier molecular flexibility index (Phi) is 5.96. The van der Waals surface area contributed by atoms with E-state index in [4.69, 9.17) is 9.47 Å². The third kappa shape index (κ3) is 4.05. The van der Waals surface area contributed by atoms with Gasteiger partial charge in [-0.05, 0) is 43.5 Å². The molecule has 2 amide bonds. The maximum absolute atomic E-state index is 12.9. The number of hydrogen-bond acceptors (Lipinski definition) is 4. The Bertz CT molecular complexity index is 806. The highest BCUT2D eigenvalue weighted by atomic mass is 16.5. The monoisotopic (exact) mass is 368 g/mol. The topological polar surface area (TPSA) is 67.9 Å². The van der Waals surface area contributed by atoms with Crippen LogP contribution in [-0.2, 0) is 0 Å². The van der Waals surface area contributed by atoms with Crippen LogP contribution in [-0.4, -0.2) is 44.0 Å². The van der Waals surface area contributed by atoms with E-state index in [2.05, 4.69) is 5.32 Å². The second kappa shape index (κ2) is 8.58. The summed E-state index contributed by atoms with van der Waals surface area (Å²) in [6, 6.07) is 12.2. The van der Waals surface area contributed by atoms with Gasteiger partial charge in [-0.1, -0.05) is 18.2 Å². The van der Waals surface area contributed by atoms with Crippen LogP contribution >= 0.6 is 0 Å². The number of benzene rings is 2. The summed E-state index contributed by atoms with van der Waals surface area (Å²) in [5.74, 6) is 0.374. The number of ether oxygens (including phenoxy) is 2. The van der Waals surface area contributed by atoms with Gasteiger partial charge in [-0.25, -0.2) is 0 Å². The van der Waals surface area contributed by atoms with E-state index < -0.39 is 0 Å². The molecule has 6 nitrogen and oxygen atoms in total. The average molecular weight is 368 g/mol. The van der Waals surface area contributed by atoms with E-state index in [0.717, 1.165) is 32.4 Å². The lowest BCUT2D eigenvalue weighted by molar-refractivity contribution is 0.0725. The number of nitrogens with one attached hydrogen (secondary N) is 1.